The molecule has 1 aromatic heterocycles. The molecule has 1 aliphatic carbocycles. The number of hydrogen-bond acceptors (Lipinski definition) is 1. The number of nitrogens with one attached hydrogen (secondary N) is 1. The van der Waals surface area contributed by atoms with Gasteiger partial charge in [0.1, 0.15) is 0 Å². The van der Waals surface area contributed by atoms with E-state index in [9.17, 15) is 5.11 Å². The molecular formula is C17H21NO. The summed E-state index contributed by atoms with van der Waals surface area (Å²) in [7, 11) is 0. The van der Waals surface area contributed by atoms with Crippen LogP contribution < -0.4 is 0 Å². The Hall–Kier alpha value is -1.54. The second-order valence-electron chi connectivity index (χ2n) is 5.96. The molecule has 3 unspecified atom stereocenters. The molecule has 100 valence electrons. The first-order valence-electron chi connectivity index (χ1n) is 7.06. The Balaban J connectivity index is 1.86. The van der Waals surface area contributed by atoms with Crippen LogP contribution in [0.25, 0.3) is 10.9 Å². The highest BCUT2D eigenvalue weighted by Crippen LogP contribution is 2.37. The first-order chi connectivity index (χ1) is 9.13. The number of benzene rings is 1. The van der Waals surface area contributed by atoms with E-state index in [0.717, 1.165) is 23.9 Å². The van der Waals surface area contributed by atoms with E-state index in [-0.39, 0.29) is 6.10 Å². The highest BCUT2D eigenvalue weighted by molar-refractivity contribution is 5.80. The second-order valence-corrected chi connectivity index (χ2v) is 5.96. The quantitative estimate of drug-likeness (QED) is 0.775. The number of rotatable bonds is 2. The number of aliphatic hydroxyl groups excluding tert-OH is 1. The standard InChI is InChI=1S/C17H21NO/c1-11-7-12(2)9-15(8-11)17(19)14-3-4-16-13(10-14)5-6-18-16/h3-7,10-11,15,17-19H,8-9H2,1-2H3. The molecule has 19 heavy (non-hydrogen) atoms. The molecule has 0 aliphatic heterocycles. The lowest BCUT2D eigenvalue weighted by Gasteiger charge is -2.29. The normalized spacial score (nSPS) is 25.3. The molecule has 1 aromatic carbocycles. The predicted molar refractivity (Wildman–Crippen MR) is 78.9 cm³/mol. The fourth-order valence-electron chi connectivity index (χ4n) is 3.36. The largest absolute Gasteiger partial charge is 0.388 e. The zero-order chi connectivity index (χ0) is 13.4. The minimum Gasteiger partial charge on any atom is -0.388 e. The summed E-state index contributed by atoms with van der Waals surface area (Å²) < 4.78 is 0. The van der Waals surface area contributed by atoms with Gasteiger partial charge in [0.05, 0.1) is 6.10 Å². The topological polar surface area (TPSA) is 36.0 Å². The first-order valence-corrected chi connectivity index (χ1v) is 7.06. The van der Waals surface area contributed by atoms with Crippen LogP contribution in [0.3, 0.4) is 0 Å². The zero-order valence-corrected chi connectivity index (χ0v) is 11.6. The summed E-state index contributed by atoms with van der Waals surface area (Å²) in [5.74, 6) is 0.917. The van der Waals surface area contributed by atoms with E-state index >= 15 is 0 Å². The van der Waals surface area contributed by atoms with Crippen molar-refractivity contribution in [3.63, 3.8) is 0 Å². The molecule has 1 heterocycles. The van der Waals surface area contributed by atoms with Gasteiger partial charge in [-0.3, -0.25) is 0 Å². The number of fused-ring (bicyclic) bond motifs is 1. The maximum Gasteiger partial charge on any atom is 0.0821 e. The highest BCUT2D eigenvalue weighted by atomic mass is 16.3. The molecule has 0 radical (unpaired) electrons. The molecule has 0 saturated carbocycles. The summed E-state index contributed by atoms with van der Waals surface area (Å²) in [6.07, 6.45) is 6.00. The van der Waals surface area contributed by atoms with Crippen molar-refractivity contribution in [2.75, 3.05) is 0 Å². The van der Waals surface area contributed by atoms with E-state index < -0.39 is 0 Å². The summed E-state index contributed by atoms with van der Waals surface area (Å²) in [4.78, 5) is 3.19. The molecule has 0 spiro atoms. The number of hydrogen-bond donors (Lipinski definition) is 2. The third-order valence-corrected chi connectivity index (χ3v) is 4.19. The molecule has 1 aliphatic rings. The lowest BCUT2D eigenvalue weighted by atomic mass is 9.79. The molecule has 0 fully saturated rings. The highest BCUT2D eigenvalue weighted by Gasteiger charge is 2.26. The zero-order valence-electron chi connectivity index (χ0n) is 11.6. The van der Waals surface area contributed by atoms with Gasteiger partial charge in [-0.05, 0) is 60.7 Å². The number of aliphatic hydroxyl groups is 1. The van der Waals surface area contributed by atoms with Gasteiger partial charge >= 0.3 is 0 Å². The molecule has 3 atom stereocenters. The molecule has 0 bridgehead atoms. The van der Waals surface area contributed by atoms with Crippen LogP contribution in [0.2, 0.25) is 0 Å². The van der Waals surface area contributed by atoms with Crippen LogP contribution in [0.4, 0.5) is 0 Å². The summed E-state index contributed by atoms with van der Waals surface area (Å²) >= 11 is 0. The van der Waals surface area contributed by atoms with Crippen molar-refractivity contribution in [2.24, 2.45) is 11.8 Å². The number of aromatic nitrogens is 1. The van der Waals surface area contributed by atoms with Crippen LogP contribution in [0.1, 0.15) is 38.4 Å². The second kappa shape index (κ2) is 4.86. The molecule has 2 nitrogen and oxygen atoms in total. The minimum atomic E-state index is -0.356. The van der Waals surface area contributed by atoms with E-state index in [1.165, 1.54) is 11.0 Å². The molecular weight excluding hydrogens is 234 g/mol. The number of aromatic amines is 1. The lowest BCUT2D eigenvalue weighted by Crippen LogP contribution is -2.19. The maximum atomic E-state index is 10.6. The minimum absolute atomic E-state index is 0.344. The fourth-order valence-corrected chi connectivity index (χ4v) is 3.36. The molecule has 2 heteroatoms. The average molecular weight is 255 g/mol. The van der Waals surface area contributed by atoms with Gasteiger partial charge in [0, 0.05) is 11.7 Å². The fraction of sp³-hybridized carbons (Fsp3) is 0.412. The molecule has 2 aromatic rings. The Bertz CT molecular complexity index is 611. The predicted octanol–water partition coefficient (Wildman–Crippen LogP) is 4.19. The van der Waals surface area contributed by atoms with E-state index in [1.54, 1.807) is 0 Å². The van der Waals surface area contributed by atoms with Crippen molar-refractivity contribution >= 4 is 10.9 Å². The Morgan fingerprint density at radius 2 is 2.16 bits per heavy atom. The van der Waals surface area contributed by atoms with Gasteiger partial charge < -0.3 is 10.1 Å². The van der Waals surface area contributed by atoms with E-state index in [0.29, 0.717) is 11.8 Å². The Labute approximate surface area is 114 Å². The lowest BCUT2D eigenvalue weighted by molar-refractivity contribution is 0.0934. The van der Waals surface area contributed by atoms with E-state index in [2.05, 4.69) is 43.1 Å². The Kier molecular flexibility index (Phi) is 3.19. The monoisotopic (exact) mass is 255 g/mol. The van der Waals surface area contributed by atoms with Crippen LogP contribution in [0, 0.1) is 11.8 Å². The van der Waals surface area contributed by atoms with Crippen molar-refractivity contribution in [2.45, 2.75) is 32.8 Å². The number of allylic oxidation sites excluding steroid dienone is 2. The molecule has 2 N–H and O–H groups in total. The van der Waals surface area contributed by atoms with Crippen molar-refractivity contribution in [1.82, 2.24) is 4.98 Å². The summed E-state index contributed by atoms with van der Waals surface area (Å²) in [5.41, 5.74) is 3.58. The number of H-pyrrole nitrogens is 1. The van der Waals surface area contributed by atoms with Crippen LogP contribution >= 0.6 is 0 Å². The van der Waals surface area contributed by atoms with Crippen molar-refractivity contribution in [1.29, 1.82) is 0 Å². The Morgan fingerprint density at radius 3 is 2.95 bits per heavy atom. The third-order valence-electron chi connectivity index (χ3n) is 4.19. The van der Waals surface area contributed by atoms with Gasteiger partial charge in [0.2, 0.25) is 0 Å². The average Bonchev–Trinajstić information content (AvgIpc) is 2.83. The molecule has 3 rings (SSSR count). The smallest absolute Gasteiger partial charge is 0.0821 e. The van der Waals surface area contributed by atoms with Crippen LogP contribution in [0.5, 0.6) is 0 Å². The molecule has 0 saturated heterocycles. The third kappa shape index (κ3) is 2.45. The summed E-state index contributed by atoms with van der Waals surface area (Å²) in [5, 5.41) is 11.8. The van der Waals surface area contributed by atoms with Crippen molar-refractivity contribution in [3.05, 3.63) is 47.7 Å². The van der Waals surface area contributed by atoms with Gasteiger partial charge in [0.15, 0.2) is 0 Å². The van der Waals surface area contributed by atoms with Gasteiger partial charge in [-0.25, -0.2) is 0 Å². The van der Waals surface area contributed by atoms with E-state index in [4.69, 9.17) is 0 Å². The molecule has 0 amide bonds. The van der Waals surface area contributed by atoms with Gasteiger partial charge in [-0.15, -0.1) is 0 Å². The van der Waals surface area contributed by atoms with Crippen LogP contribution in [-0.2, 0) is 0 Å². The van der Waals surface area contributed by atoms with Crippen molar-refractivity contribution < 1.29 is 5.11 Å². The summed E-state index contributed by atoms with van der Waals surface area (Å²) in [6.45, 7) is 4.41. The van der Waals surface area contributed by atoms with Gasteiger partial charge in [0.25, 0.3) is 0 Å². The van der Waals surface area contributed by atoms with Gasteiger partial charge in [-0.2, -0.15) is 0 Å². The van der Waals surface area contributed by atoms with Crippen LogP contribution in [-0.4, -0.2) is 10.1 Å². The first kappa shape index (κ1) is 12.5. The van der Waals surface area contributed by atoms with Crippen LogP contribution in [0.15, 0.2) is 42.1 Å². The van der Waals surface area contributed by atoms with Gasteiger partial charge in [-0.1, -0.05) is 24.6 Å². The SMILES string of the molecule is CC1=CC(C)CC(C(O)c2ccc3[nH]ccc3c2)C1. The summed E-state index contributed by atoms with van der Waals surface area (Å²) in [6, 6.07) is 8.26. The van der Waals surface area contributed by atoms with E-state index in [1.807, 2.05) is 12.3 Å². The maximum absolute atomic E-state index is 10.6. The Morgan fingerprint density at radius 1 is 1.32 bits per heavy atom. The van der Waals surface area contributed by atoms with Crippen molar-refractivity contribution in [3.8, 4) is 0 Å².